The van der Waals surface area contributed by atoms with Gasteiger partial charge < -0.3 is 9.47 Å². The summed E-state index contributed by atoms with van der Waals surface area (Å²) < 4.78 is 52.8. The second kappa shape index (κ2) is 56.3. The van der Waals surface area contributed by atoms with Crippen molar-refractivity contribution in [3.8, 4) is 58.0 Å². The van der Waals surface area contributed by atoms with Crippen LogP contribution in [0.1, 0.15) is 303 Å². The lowest BCUT2D eigenvalue weighted by Gasteiger charge is -2.11. The summed E-state index contributed by atoms with van der Waals surface area (Å²) in [5.41, 5.74) is 17.8. The zero-order chi connectivity index (χ0) is 99.6. The molecule has 134 heavy (non-hydrogen) atoms. The summed E-state index contributed by atoms with van der Waals surface area (Å²) in [6.07, 6.45) is 50.5. The molecule has 16 aromatic rings. The maximum Gasteiger partial charge on any atom is 0.180 e. The van der Waals surface area contributed by atoms with E-state index in [4.69, 9.17) is 9.47 Å². The molecule has 0 atom stereocenters. The van der Waals surface area contributed by atoms with Gasteiger partial charge in [-0.25, -0.2) is 88.5 Å². The number of ether oxygens (including phenoxy) is 2. The number of aromatic nitrogens is 24. The van der Waals surface area contributed by atoms with Crippen molar-refractivity contribution in [3.05, 3.63) is 324 Å². The zero-order valence-electron chi connectivity index (χ0n) is 85.7. The van der Waals surface area contributed by atoms with Gasteiger partial charge in [-0.05, 0) is 194 Å². The number of hydrogen-bond donors (Lipinski definition) is 0. The van der Waals surface area contributed by atoms with Crippen molar-refractivity contribution in [1.82, 2.24) is 116 Å². The van der Waals surface area contributed by atoms with Crippen LogP contribution in [0.5, 0.6) is 11.5 Å². The van der Waals surface area contributed by atoms with Gasteiger partial charge in [0.15, 0.2) is 46.4 Å². The van der Waals surface area contributed by atoms with E-state index in [1.807, 2.05) is 225 Å². The van der Waals surface area contributed by atoms with Crippen LogP contribution in [0.4, 0.5) is 8.78 Å². The summed E-state index contributed by atoms with van der Waals surface area (Å²) in [7, 11) is 3.32. The van der Waals surface area contributed by atoms with E-state index in [1.54, 1.807) is 117 Å². The van der Waals surface area contributed by atoms with Crippen LogP contribution >= 0.6 is 0 Å². The molecule has 0 radical (unpaired) electrons. The Balaban J connectivity index is 0.000000268. The van der Waals surface area contributed by atoms with Crippen LogP contribution in [0.25, 0.3) is 46.5 Å². The molecule has 16 aromatic heterocycles. The lowest BCUT2D eigenvalue weighted by Crippen LogP contribution is -2.01. The molecule has 16 heterocycles. The molecule has 16 rings (SSSR count). The first-order valence-electron chi connectivity index (χ1n) is 46.3. The van der Waals surface area contributed by atoms with E-state index in [1.165, 1.54) is 74.1 Å². The molecule has 0 aliphatic carbocycles. The van der Waals surface area contributed by atoms with Crippen LogP contribution in [0, 0.1) is 67.0 Å². The van der Waals surface area contributed by atoms with E-state index < -0.39 is 0 Å². The monoisotopic (exact) mass is 1830 g/mol. The van der Waals surface area contributed by atoms with Crippen molar-refractivity contribution in [2.24, 2.45) is 0 Å². The Bertz CT molecular complexity index is 5580. The number of methoxy groups -OCH3 is 2. The molecule has 0 spiro atoms. The highest BCUT2D eigenvalue weighted by molar-refractivity contribution is 5.46. The number of aryl methyl sites for hydroxylation is 8. The standard InChI is InChI=1S/C13H17N3O.2C13H17N3.C12H14FN3.C12H15N3O.2C12H15N3.C11H12FN3.4C2H6/c1-9(2)11-5-12(17-4)13(14-6-11)16-7-10(3)15-8-16;2*1-9(2)12-5-10(3)13(14-6-12)16-7-11(4)15-8-16;1-8(2)10-4-11(13)12(14-5-10)16-6-9(3)15-7-16;1-9(2)10-6-11(16-3)12(14-7-10)15-5-4-13-8-15;2*1-9(2)11-6-10(3)12(14-7-11)15-5-4-13-8-15;1-8(2)9-5-10(12)11(14-6-9)15-4-3-13-7-15;4*1-2/h5-9H,1-4H3;2*5-9H,1-4H3;4-8H,1-3H3;4-9H,1-3H3;2*4-9H,1-3H3;3-8H,1-2H3;4*1-2H3. The van der Waals surface area contributed by atoms with E-state index in [2.05, 4.69) is 215 Å². The topological polar surface area (TPSA) is 264 Å². The van der Waals surface area contributed by atoms with Gasteiger partial charge in [-0.15, -0.1) is 0 Å². The largest absolute Gasteiger partial charge is 0.493 e. The lowest BCUT2D eigenvalue weighted by molar-refractivity contribution is 0.409. The van der Waals surface area contributed by atoms with E-state index in [9.17, 15) is 8.78 Å². The fourth-order valence-electron chi connectivity index (χ4n) is 12.5. The fourth-order valence-corrected chi connectivity index (χ4v) is 12.5. The molecule has 0 N–H and O–H groups in total. The predicted molar refractivity (Wildman–Crippen MR) is 540 cm³/mol. The third-order valence-corrected chi connectivity index (χ3v) is 20.3. The minimum Gasteiger partial charge on any atom is -0.493 e. The first kappa shape index (κ1) is 111. The van der Waals surface area contributed by atoms with Crippen LogP contribution in [0.15, 0.2) is 223 Å². The quantitative estimate of drug-likeness (QED) is 0.0772. The molecule has 0 aliphatic rings. The van der Waals surface area contributed by atoms with Gasteiger partial charge in [0, 0.05) is 124 Å². The zero-order valence-corrected chi connectivity index (χ0v) is 85.7. The van der Waals surface area contributed by atoms with Gasteiger partial charge in [-0.2, -0.15) is 0 Å². The van der Waals surface area contributed by atoms with Crippen LogP contribution in [-0.4, -0.2) is 131 Å². The SMILES string of the molecule is CC.CC.CC.CC.CC(C)c1cnc(-n2ccnc2)c(F)c1.COc1cc(C(C)C)cnc1-n1ccnc1.COc1cc(C(C)C)cnc1-n1cnc(C)c1.Cc1cc(C(C)C)cnc1-n1ccnc1.Cc1cc(C(C)C)cnc1-n1ccnc1.Cc1cn(-c2ncc(C(C)C)cc2C)cn1.Cc1cn(-c2ncc(C(C)C)cc2C)cn1.Cc1cn(-c2ncc(C(C)C)cc2F)cn1. The van der Waals surface area contributed by atoms with Gasteiger partial charge in [-0.3, -0.25) is 36.5 Å². The third kappa shape index (κ3) is 33.0. The Morgan fingerprint density at radius 2 is 0.403 bits per heavy atom. The number of hydrogen-bond acceptors (Lipinski definition) is 18. The Morgan fingerprint density at radius 3 is 0.604 bits per heavy atom. The highest BCUT2D eigenvalue weighted by atomic mass is 19.1. The van der Waals surface area contributed by atoms with Gasteiger partial charge in [0.05, 0.1) is 37.0 Å². The minimum absolute atomic E-state index is 0.278. The average molecular weight is 1830 g/mol. The molecule has 0 saturated heterocycles. The lowest BCUT2D eigenvalue weighted by atomic mass is 10.0. The van der Waals surface area contributed by atoms with E-state index in [0.29, 0.717) is 41.3 Å². The van der Waals surface area contributed by atoms with E-state index in [-0.39, 0.29) is 29.3 Å². The highest BCUT2D eigenvalue weighted by Gasteiger charge is 2.17. The second-order valence-electron chi connectivity index (χ2n) is 33.2. The number of imidazole rings is 8. The van der Waals surface area contributed by atoms with E-state index in [0.717, 1.165) is 80.3 Å². The smallest absolute Gasteiger partial charge is 0.180 e. The van der Waals surface area contributed by atoms with Crippen molar-refractivity contribution < 1.29 is 18.3 Å². The molecule has 0 aliphatic heterocycles. The van der Waals surface area contributed by atoms with Gasteiger partial charge >= 0.3 is 0 Å². The van der Waals surface area contributed by atoms with Crippen molar-refractivity contribution in [2.75, 3.05) is 14.2 Å². The molecule has 0 aromatic carbocycles. The van der Waals surface area contributed by atoms with Crippen LogP contribution in [-0.2, 0) is 0 Å². The number of halogens is 2. The van der Waals surface area contributed by atoms with Crippen LogP contribution in [0.2, 0.25) is 0 Å². The third-order valence-electron chi connectivity index (χ3n) is 20.3. The van der Waals surface area contributed by atoms with Gasteiger partial charge in [0.1, 0.15) is 73.9 Å². The summed E-state index contributed by atoms with van der Waals surface area (Å²) in [5, 5.41) is 0. The molecule has 716 valence electrons. The van der Waals surface area contributed by atoms with Crippen molar-refractivity contribution in [1.29, 1.82) is 0 Å². The molecule has 28 heteroatoms. The van der Waals surface area contributed by atoms with Gasteiger partial charge in [0.2, 0.25) is 0 Å². The summed E-state index contributed by atoms with van der Waals surface area (Å²) >= 11 is 0. The predicted octanol–water partition coefficient (Wildman–Crippen LogP) is 26.0. The Morgan fingerprint density at radius 1 is 0.224 bits per heavy atom. The first-order valence-corrected chi connectivity index (χ1v) is 46.3. The van der Waals surface area contributed by atoms with Crippen LogP contribution in [0.3, 0.4) is 0 Å². The molecular weight excluding hydrogens is 1680 g/mol. The van der Waals surface area contributed by atoms with Crippen LogP contribution < -0.4 is 9.47 Å². The minimum atomic E-state index is -0.320. The van der Waals surface area contributed by atoms with Crippen molar-refractivity contribution >= 4 is 0 Å². The summed E-state index contributed by atoms with van der Waals surface area (Å²) in [5.74, 6) is 10.4. The average Bonchev–Trinajstić information content (AvgIpc) is 1.76. The number of rotatable bonds is 18. The maximum absolute atomic E-state index is 13.8. The number of pyridine rings is 8. The normalized spacial score (nSPS) is 10.5. The molecule has 26 nitrogen and oxygen atoms in total. The second-order valence-corrected chi connectivity index (χ2v) is 33.2. The van der Waals surface area contributed by atoms with Gasteiger partial charge in [0.25, 0.3) is 0 Å². The Labute approximate surface area is 795 Å². The molecule has 0 amide bonds. The Hall–Kier alpha value is -13.7. The summed E-state index contributed by atoms with van der Waals surface area (Å²) in [4.78, 5) is 67.6. The van der Waals surface area contributed by atoms with E-state index >= 15 is 0 Å². The highest BCUT2D eigenvalue weighted by Crippen LogP contribution is 2.30. The first-order chi connectivity index (χ1) is 64.1. The summed E-state index contributed by atoms with van der Waals surface area (Å²) in [6, 6.07) is 15.9. The summed E-state index contributed by atoms with van der Waals surface area (Å²) in [6.45, 7) is 66.1. The fraction of sp³-hybridized carbons (Fsp3) is 0.396. The van der Waals surface area contributed by atoms with Gasteiger partial charge in [-0.1, -0.05) is 190 Å². The molecule has 0 unspecified atom stereocenters. The molecule has 0 fully saturated rings. The molecule has 0 bridgehead atoms. The molecular formula is C106H146F2N24O2. The van der Waals surface area contributed by atoms with Crippen molar-refractivity contribution in [3.63, 3.8) is 0 Å². The Kier molecular flexibility index (Phi) is 46.6. The van der Waals surface area contributed by atoms with Crippen molar-refractivity contribution in [2.45, 2.75) is 269 Å². The number of nitrogens with zero attached hydrogens (tertiary/aromatic N) is 24. The molecule has 0 saturated carbocycles. The maximum atomic E-state index is 13.8.